The molecule has 0 aromatic rings. The van der Waals surface area contributed by atoms with E-state index in [1.165, 1.54) is 13.8 Å². The zero-order valence-corrected chi connectivity index (χ0v) is 9.44. The average molecular weight is 232 g/mol. The highest BCUT2D eigenvalue weighted by Gasteiger charge is 2.19. The van der Waals surface area contributed by atoms with E-state index < -0.39 is 30.1 Å². The highest BCUT2D eigenvalue weighted by Crippen LogP contribution is 1.88. The summed E-state index contributed by atoms with van der Waals surface area (Å²) in [5.74, 6) is -1.72. The van der Waals surface area contributed by atoms with Crippen molar-refractivity contribution in [1.29, 1.82) is 0 Å². The molecule has 7 heteroatoms. The Morgan fingerprint density at radius 3 is 2.12 bits per heavy atom. The van der Waals surface area contributed by atoms with Crippen LogP contribution in [0.4, 0.5) is 4.79 Å². The van der Waals surface area contributed by atoms with Gasteiger partial charge in [0.1, 0.15) is 12.1 Å². The van der Waals surface area contributed by atoms with Crippen LogP contribution >= 0.6 is 0 Å². The molecule has 0 spiro atoms. The second kappa shape index (κ2) is 6.65. The first kappa shape index (κ1) is 14.2. The van der Waals surface area contributed by atoms with E-state index >= 15 is 0 Å². The highest BCUT2D eigenvalue weighted by atomic mass is 16.5. The summed E-state index contributed by atoms with van der Waals surface area (Å²) >= 11 is 0. The van der Waals surface area contributed by atoms with Crippen LogP contribution in [-0.4, -0.2) is 41.8 Å². The van der Waals surface area contributed by atoms with Gasteiger partial charge in [-0.15, -0.1) is 0 Å². The molecular weight excluding hydrogens is 216 g/mol. The van der Waals surface area contributed by atoms with E-state index in [0.29, 0.717) is 0 Å². The Labute approximate surface area is 93.2 Å². The lowest BCUT2D eigenvalue weighted by molar-refractivity contribution is -0.144. The van der Waals surface area contributed by atoms with Crippen LogP contribution in [0, 0.1) is 0 Å². The largest absolute Gasteiger partial charge is 0.480 e. The number of aliphatic carboxylic acids is 1. The fraction of sp³-hybridized carbons (Fsp3) is 0.667. The van der Waals surface area contributed by atoms with Crippen molar-refractivity contribution in [2.24, 2.45) is 0 Å². The molecule has 0 aliphatic heterocycles. The smallest absolute Gasteiger partial charge is 0.328 e. The van der Waals surface area contributed by atoms with Gasteiger partial charge < -0.3 is 20.5 Å². The number of carboxylic acid groups (broad SMARTS) is 1. The van der Waals surface area contributed by atoms with Crippen molar-refractivity contribution in [2.45, 2.75) is 32.9 Å². The zero-order chi connectivity index (χ0) is 12.7. The SMILES string of the molecule is CCOC(=O)C(C)NC(=O)N[C@H](C)C(=O)O. The lowest BCUT2D eigenvalue weighted by Gasteiger charge is -2.14. The average Bonchev–Trinajstić information content (AvgIpc) is 2.17. The second-order valence-corrected chi connectivity index (χ2v) is 3.15. The van der Waals surface area contributed by atoms with Crippen molar-refractivity contribution in [3.63, 3.8) is 0 Å². The van der Waals surface area contributed by atoms with Crippen LogP contribution < -0.4 is 10.6 Å². The number of hydrogen-bond donors (Lipinski definition) is 3. The molecule has 2 atom stereocenters. The lowest BCUT2D eigenvalue weighted by atomic mass is 10.3. The van der Waals surface area contributed by atoms with Crippen LogP contribution in [0.2, 0.25) is 0 Å². The number of rotatable bonds is 5. The predicted octanol–water partition coefficient (Wildman–Crippen LogP) is -0.290. The van der Waals surface area contributed by atoms with E-state index in [1.807, 2.05) is 0 Å². The van der Waals surface area contributed by atoms with Gasteiger partial charge in [0.25, 0.3) is 0 Å². The summed E-state index contributed by atoms with van der Waals surface area (Å²) in [5, 5.41) is 12.9. The molecule has 7 nitrogen and oxygen atoms in total. The van der Waals surface area contributed by atoms with E-state index in [1.54, 1.807) is 6.92 Å². The van der Waals surface area contributed by atoms with Crippen molar-refractivity contribution >= 4 is 18.0 Å². The summed E-state index contributed by atoms with van der Waals surface area (Å²) in [7, 11) is 0. The molecule has 2 amide bonds. The van der Waals surface area contributed by atoms with Gasteiger partial charge in [0.2, 0.25) is 0 Å². The molecule has 0 bridgehead atoms. The minimum absolute atomic E-state index is 0.220. The predicted molar refractivity (Wildman–Crippen MR) is 54.9 cm³/mol. The number of carbonyl (C=O) groups excluding carboxylic acids is 2. The van der Waals surface area contributed by atoms with Crippen LogP contribution in [0.15, 0.2) is 0 Å². The van der Waals surface area contributed by atoms with E-state index in [-0.39, 0.29) is 6.61 Å². The maximum atomic E-state index is 11.2. The quantitative estimate of drug-likeness (QED) is 0.565. The number of amides is 2. The van der Waals surface area contributed by atoms with E-state index in [2.05, 4.69) is 15.4 Å². The Morgan fingerprint density at radius 2 is 1.69 bits per heavy atom. The van der Waals surface area contributed by atoms with E-state index in [4.69, 9.17) is 5.11 Å². The molecule has 0 rings (SSSR count). The zero-order valence-electron chi connectivity index (χ0n) is 9.44. The summed E-state index contributed by atoms with van der Waals surface area (Å²) in [6.45, 7) is 4.63. The molecule has 0 saturated heterocycles. The van der Waals surface area contributed by atoms with E-state index in [9.17, 15) is 14.4 Å². The number of carboxylic acids is 1. The van der Waals surface area contributed by atoms with Crippen molar-refractivity contribution in [1.82, 2.24) is 10.6 Å². The van der Waals surface area contributed by atoms with Gasteiger partial charge in [0.05, 0.1) is 6.61 Å². The van der Waals surface area contributed by atoms with Crippen molar-refractivity contribution in [2.75, 3.05) is 6.61 Å². The minimum Gasteiger partial charge on any atom is -0.480 e. The number of esters is 1. The Bertz CT molecular complexity index is 279. The Morgan fingerprint density at radius 1 is 1.19 bits per heavy atom. The molecule has 0 aliphatic rings. The molecule has 0 saturated carbocycles. The molecule has 0 fully saturated rings. The fourth-order valence-corrected chi connectivity index (χ4v) is 0.823. The van der Waals surface area contributed by atoms with Crippen molar-refractivity contribution in [3.05, 3.63) is 0 Å². The van der Waals surface area contributed by atoms with E-state index in [0.717, 1.165) is 0 Å². The molecule has 3 N–H and O–H groups in total. The second-order valence-electron chi connectivity index (χ2n) is 3.15. The van der Waals surface area contributed by atoms with Crippen molar-refractivity contribution in [3.8, 4) is 0 Å². The number of carbonyl (C=O) groups is 3. The Hall–Kier alpha value is -1.79. The third-order valence-corrected chi connectivity index (χ3v) is 1.71. The van der Waals surface area contributed by atoms with Crippen molar-refractivity contribution < 1.29 is 24.2 Å². The molecule has 0 aromatic heterocycles. The van der Waals surface area contributed by atoms with Crippen LogP contribution in [0.3, 0.4) is 0 Å². The van der Waals surface area contributed by atoms with Gasteiger partial charge in [-0.2, -0.15) is 0 Å². The Balaban J connectivity index is 4.05. The number of ether oxygens (including phenoxy) is 1. The number of urea groups is 1. The fourth-order valence-electron chi connectivity index (χ4n) is 0.823. The van der Waals surface area contributed by atoms with Gasteiger partial charge in [-0.25, -0.2) is 9.59 Å². The molecule has 0 aromatic carbocycles. The third kappa shape index (κ3) is 5.18. The minimum atomic E-state index is -1.15. The summed E-state index contributed by atoms with van der Waals surface area (Å²) < 4.78 is 4.66. The normalized spacial score (nSPS) is 13.4. The van der Waals surface area contributed by atoms with Crippen LogP contribution in [0.1, 0.15) is 20.8 Å². The van der Waals surface area contributed by atoms with Gasteiger partial charge in [0, 0.05) is 0 Å². The van der Waals surface area contributed by atoms with Gasteiger partial charge in [-0.1, -0.05) is 0 Å². The summed E-state index contributed by atoms with van der Waals surface area (Å²) in [6.07, 6.45) is 0. The Kier molecular flexibility index (Phi) is 5.91. The maximum Gasteiger partial charge on any atom is 0.328 e. The number of nitrogens with one attached hydrogen (secondary N) is 2. The van der Waals surface area contributed by atoms with Gasteiger partial charge in [-0.05, 0) is 20.8 Å². The lowest BCUT2D eigenvalue weighted by Crippen LogP contribution is -2.49. The van der Waals surface area contributed by atoms with Crippen LogP contribution in [0.5, 0.6) is 0 Å². The van der Waals surface area contributed by atoms with Gasteiger partial charge in [0.15, 0.2) is 0 Å². The van der Waals surface area contributed by atoms with Gasteiger partial charge in [-0.3, -0.25) is 4.79 Å². The molecule has 0 heterocycles. The van der Waals surface area contributed by atoms with Crippen LogP contribution in [-0.2, 0) is 14.3 Å². The summed E-state index contributed by atoms with van der Waals surface area (Å²) in [4.78, 5) is 32.7. The summed E-state index contributed by atoms with van der Waals surface area (Å²) in [6, 6.07) is -2.56. The van der Waals surface area contributed by atoms with Gasteiger partial charge >= 0.3 is 18.0 Å². The monoisotopic (exact) mass is 232 g/mol. The first-order chi connectivity index (χ1) is 7.38. The molecule has 0 aliphatic carbocycles. The molecule has 0 radical (unpaired) electrons. The summed E-state index contributed by atoms with van der Waals surface area (Å²) in [5.41, 5.74) is 0. The first-order valence-electron chi connectivity index (χ1n) is 4.85. The molecular formula is C9H16N2O5. The third-order valence-electron chi connectivity index (χ3n) is 1.71. The maximum absolute atomic E-state index is 11.2. The molecule has 92 valence electrons. The highest BCUT2D eigenvalue weighted by molar-refractivity contribution is 5.86. The standard InChI is InChI=1S/C9H16N2O5/c1-4-16-8(14)6(3)11-9(15)10-5(2)7(12)13/h5-6H,4H2,1-3H3,(H,12,13)(H2,10,11,15)/t5-,6?/m1/s1. The topological polar surface area (TPSA) is 105 Å². The molecule has 16 heavy (non-hydrogen) atoms. The first-order valence-corrected chi connectivity index (χ1v) is 4.85. The van der Waals surface area contributed by atoms with Crippen LogP contribution in [0.25, 0.3) is 0 Å². The molecule has 1 unspecified atom stereocenters. The number of hydrogen-bond acceptors (Lipinski definition) is 4.